The Bertz CT molecular complexity index is 1220. The summed E-state index contributed by atoms with van der Waals surface area (Å²) in [7, 11) is -3.68. The van der Waals surface area contributed by atoms with Gasteiger partial charge in [-0.25, -0.2) is 22.0 Å². The van der Waals surface area contributed by atoms with Crippen molar-refractivity contribution in [1.29, 1.82) is 0 Å². The van der Waals surface area contributed by atoms with Gasteiger partial charge in [-0.3, -0.25) is 4.31 Å². The van der Waals surface area contributed by atoms with E-state index in [2.05, 4.69) is 10.6 Å². The largest absolute Gasteiger partial charge is 0.323 e. The van der Waals surface area contributed by atoms with Gasteiger partial charge in [0, 0.05) is 18.3 Å². The maximum Gasteiger partial charge on any atom is 0.323 e. The number of halogens is 2. The van der Waals surface area contributed by atoms with Gasteiger partial charge in [-0.2, -0.15) is 0 Å². The van der Waals surface area contributed by atoms with E-state index in [1.807, 2.05) is 0 Å². The highest BCUT2D eigenvalue weighted by Crippen LogP contribution is 2.34. The van der Waals surface area contributed by atoms with E-state index in [9.17, 15) is 22.0 Å². The zero-order valence-electron chi connectivity index (χ0n) is 15.6. The summed E-state index contributed by atoms with van der Waals surface area (Å²) >= 11 is 0. The lowest BCUT2D eigenvalue weighted by Gasteiger charge is -2.19. The third-order valence-corrected chi connectivity index (χ3v) is 6.53. The minimum absolute atomic E-state index is 0.157. The molecule has 1 aliphatic rings. The highest BCUT2D eigenvalue weighted by Gasteiger charge is 2.30. The average Bonchev–Trinajstić information content (AvgIpc) is 3.15. The molecule has 0 aromatic heterocycles. The summed E-state index contributed by atoms with van der Waals surface area (Å²) < 4.78 is 53.8. The molecule has 3 aromatic rings. The number of carbonyl (C=O) groups is 1. The highest BCUT2D eigenvalue weighted by molar-refractivity contribution is 7.92. The number of fused-ring (bicyclic) bond motifs is 1. The molecule has 2 N–H and O–H groups in total. The number of sulfonamides is 1. The van der Waals surface area contributed by atoms with Crippen molar-refractivity contribution >= 4 is 33.1 Å². The summed E-state index contributed by atoms with van der Waals surface area (Å²) in [4.78, 5) is 12.3. The lowest BCUT2D eigenvalue weighted by atomic mass is 10.1. The molecule has 3 aromatic carbocycles. The summed E-state index contributed by atoms with van der Waals surface area (Å²) in [6, 6.07) is 15.2. The van der Waals surface area contributed by atoms with Gasteiger partial charge in [-0.15, -0.1) is 0 Å². The van der Waals surface area contributed by atoms with Gasteiger partial charge in [0.15, 0.2) is 0 Å². The van der Waals surface area contributed by atoms with E-state index >= 15 is 0 Å². The first-order valence-corrected chi connectivity index (χ1v) is 10.5. The SMILES string of the molecule is O=C(Nc1ccc2c(c1)CCN2S(=O)(=O)c1ccccc1)Nc1ccc(F)cc1F. The molecule has 0 atom stereocenters. The summed E-state index contributed by atoms with van der Waals surface area (Å²) in [6.07, 6.45) is 0.491. The van der Waals surface area contributed by atoms with Gasteiger partial charge in [0.1, 0.15) is 11.6 Å². The van der Waals surface area contributed by atoms with Gasteiger partial charge >= 0.3 is 6.03 Å². The molecule has 0 radical (unpaired) electrons. The minimum Gasteiger partial charge on any atom is -0.308 e. The van der Waals surface area contributed by atoms with Crippen LogP contribution in [0.1, 0.15) is 5.56 Å². The molecule has 6 nitrogen and oxygen atoms in total. The molecular formula is C21H17F2N3O3S. The Morgan fingerprint density at radius 1 is 0.933 bits per heavy atom. The number of hydrogen-bond donors (Lipinski definition) is 2. The first kappa shape index (κ1) is 19.8. The Hall–Kier alpha value is -3.46. The van der Waals surface area contributed by atoms with Crippen molar-refractivity contribution in [3.05, 3.63) is 83.9 Å². The second kappa shape index (κ2) is 7.75. The van der Waals surface area contributed by atoms with Crippen LogP contribution in [-0.2, 0) is 16.4 Å². The predicted octanol–water partition coefficient (Wildman–Crippen LogP) is 4.36. The first-order valence-electron chi connectivity index (χ1n) is 9.08. The minimum atomic E-state index is -3.68. The average molecular weight is 429 g/mol. The van der Waals surface area contributed by atoms with E-state index in [0.29, 0.717) is 30.4 Å². The molecule has 1 aliphatic heterocycles. The van der Waals surface area contributed by atoms with Gasteiger partial charge in [0.05, 0.1) is 16.3 Å². The second-order valence-electron chi connectivity index (χ2n) is 6.69. The number of benzene rings is 3. The standard InChI is InChI=1S/C21H17F2N3O3S/c22-15-6-8-19(18(23)13-15)25-21(27)24-16-7-9-20-14(12-16)10-11-26(20)30(28,29)17-4-2-1-3-5-17/h1-9,12-13H,10-11H2,(H2,24,25,27). The van der Waals surface area contributed by atoms with Gasteiger partial charge in [-0.05, 0) is 54.4 Å². The van der Waals surface area contributed by atoms with E-state index in [1.54, 1.807) is 48.5 Å². The van der Waals surface area contributed by atoms with Crippen LogP contribution in [0.15, 0.2) is 71.6 Å². The molecule has 154 valence electrons. The summed E-state index contributed by atoms with van der Waals surface area (Å²) in [5.74, 6) is -1.63. The molecule has 0 saturated heterocycles. The van der Waals surface area contributed by atoms with Crippen LogP contribution < -0.4 is 14.9 Å². The van der Waals surface area contributed by atoms with E-state index < -0.39 is 27.7 Å². The fourth-order valence-corrected chi connectivity index (χ4v) is 4.82. The van der Waals surface area contributed by atoms with Crippen molar-refractivity contribution in [2.24, 2.45) is 0 Å². The molecule has 0 aliphatic carbocycles. The van der Waals surface area contributed by atoms with Crippen LogP contribution in [-0.4, -0.2) is 21.0 Å². The quantitative estimate of drug-likeness (QED) is 0.647. The highest BCUT2D eigenvalue weighted by atomic mass is 32.2. The number of anilines is 3. The molecule has 30 heavy (non-hydrogen) atoms. The van der Waals surface area contributed by atoms with Crippen LogP contribution in [0.25, 0.3) is 0 Å². The Morgan fingerprint density at radius 3 is 2.43 bits per heavy atom. The van der Waals surface area contributed by atoms with E-state index in [4.69, 9.17) is 0 Å². The Kier molecular flexibility index (Phi) is 5.13. The van der Waals surface area contributed by atoms with E-state index in [1.165, 1.54) is 4.31 Å². The van der Waals surface area contributed by atoms with Gasteiger partial charge in [-0.1, -0.05) is 18.2 Å². The number of carbonyl (C=O) groups excluding carboxylic acids is 1. The van der Waals surface area contributed by atoms with Crippen molar-refractivity contribution < 1.29 is 22.0 Å². The number of nitrogens with zero attached hydrogens (tertiary/aromatic N) is 1. The summed E-state index contributed by atoms with van der Waals surface area (Å²) in [6.45, 7) is 0.295. The molecule has 0 saturated carbocycles. The van der Waals surface area contributed by atoms with Crippen LogP contribution >= 0.6 is 0 Å². The van der Waals surface area contributed by atoms with Crippen molar-refractivity contribution in [3.8, 4) is 0 Å². The fourth-order valence-electron chi connectivity index (χ4n) is 3.29. The Morgan fingerprint density at radius 2 is 1.70 bits per heavy atom. The van der Waals surface area contributed by atoms with Crippen LogP contribution in [0.5, 0.6) is 0 Å². The summed E-state index contributed by atoms with van der Waals surface area (Å²) in [5.41, 5.74) is 1.58. The van der Waals surface area contributed by atoms with Crippen LogP contribution in [0.3, 0.4) is 0 Å². The first-order chi connectivity index (χ1) is 14.3. The van der Waals surface area contributed by atoms with Crippen LogP contribution in [0, 0.1) is 11.6 Å². The zero-order chi connectivity index (χ0) is 21.3. The fraction of sp³-hybridized carbons (Fsp3) is 0.0952. The van der Waals surface area contributed by atoms with Crippen molar-refractivity contribution in [3.63, 3.8) is 0 Å². The molecule has 1 heterocycles. The third kappa shape index (κ3) is 3.84. The molecular weight excluding hydrogens is 412 g/mol. The van der Waals surface area contributed by atoms with Crippen molar-refractivity contribution in [1.82, 2.24) is 0 Å². The lowest BCUT2D eigenvalue weighted by molar-refractivity contribution is 0.262. The second-order valence-corrected chi connectivity index (χ2v) is 8.55. The summed E-state index contributed by atoms with van der Waals surface area (Å²) in [5, 5.41) is 4.88. The normalized spacial score (nSPS) is 13.1. The van der Waals surface area contributed by atoms with E-state index in [0.717, 1.165) is 17.7 Å². The van der Waals surface area contributed by atoms with Crippen LogP contribution in [0.2, 0.25) is 0 Å². The number of hydrogen-bond acceptors (Lipinski definition) is 3. The van der Waals surface area contributed by atoms with Crippen LogP contribution in [0.4, 0.5) is 30.6 Å². The molecule has 4 rings (SSSR count). The predicted molar refractivity (Wildman–Crippen MR) is 110 cm³/mol. The maximum absolute atomic E-state index is 13.7. The van der Waals surface area contributed by atoms with Crippen molar-refractivity contribution in [2.45, 2.75) is 11.3 Å². The third-order valence-electron chi connectivity index (χ3n) is 4.70. The molecule has 0 spiro atoms. The smallest absolute Gasteiger partial charge is 0.308 e. The van der Waals surface area contributed by atoms with Gasteiger partial charge < -0.3 is 10.6 Å². The molecule has 0 unspecified atom stereocenters. The van der Waals surface area contributed by atoms with E-state index in [-0.39, 0.29) is 10.6 Å². The molecule has 2 amide bonds. The monoisotopic (exact) mass is 429 g/mol. The number of nitrogens with one attached hydrogen (secondary N) is 2. The van der Waals surface area contributed by atoms with Gasteiger partial charge in [0.2, 0.25) is 0 Å². The Labute approximate surface area is 172 Å². The molecule has 0 bridgehead atoms. The van der Waals surface area contributed by atoms with Crippen molar-refractivity contribution in [2.75, 3.05) is 21.5 Å². The zero-order valence-corrected chi connectivity index (χ0v) is 16.4. The van der Waals surface area contributed by atoms with Gasteiger partial charge in [0.25, 0.3) is 10.0 Å². The topological polar surface area (TPSA) is 78.5 Å². The molecule has 0 fully saturated rings. The number of rotatable bonds is 4. The number of amides is 2. The maximum atomic E-state index is 13.7. The lowest BCUT2D eigenvalue weighted by Crippen LogP contribution is -2.29. The Balaban J connectivity index is 1.51. The molecule has 9 heteroatoms. The number of urea groups is 1.